The zero-order valence-electron chi connectivity index (χ0n) is 11.0. The van der Waals surface area contributed by atoms with Crippen molar-refractivity contribution in [2.24, 2.45) is 0 Å². The first-order valence-corrected chi connectivity index (χ1v) is 6.31. The molecule has 106 valence electrons. The molecular formula is C14H16FN3O2. The summed E-state index contributed by atoms with van der Waals surface area (Å²) in [6.07, 6.45) is 3.83. The molecule has 0 bridgehead atoms. The van der Waals surface area contributed by atoms with Gasteiger partial charge in [-0.3, -0.25) is 9.59 Å². The van der Waals surface area contributed by atoms with Crippen LogP contribution in [0.3, 0.4) is 0 Å². The molecule has 0 aliphatic carbocycles. The maximum atomic E-state index is 13.0. The van der Waals surface area contributed by atoms with Gasteiger partial charge in [-0.15, -0.1) is 0 Å². The summed E-state index contributed by atoms with van der Waals surface area (Å²) in [6, 6.07) is 4.30. The molecule has 1 aliphatic rings. The van der Waals surface area contributed by atoms with Crippen molar-refractivity contribution >= 4 is 24.1 Å². The largest absolute Gasteiger partial charge is 0.396 e. The van der Waals surface area contributed by atoms with Gasteiger partial charge in [-0.1, -0.05) is 6.07 Å². The van der Waals surface area contributed by atoms with E-state index in [1.54, 1.807) is 21.9 Å². The summed E-state index contributed by atoms with van der Waals surface area (Å²) in [6.45, 7) is 2.14. The molecule has 2 amide bonds. The van der Waals surface area contributed by atoms with Gasteiger partial charge in [0.05, 0.1) is 5.69 Å². The number of nitrogens with zero attached hydrogens (tertiary/aromatic N) is 2. The third kappa shape index (κ3) is 3.34. The number of nitrogens with two attached hydrogens (primary N) is 1. The minimum atomic E-state index is -0.474. The van der Waals surface area contributed by atoms with Crippen molar-refractivity contribution in [3.63, 3.8) is 0 Å². The van der Waals surface area contributed by atoms with Crippen molar-refractivity contribution in [1.29, 1.82) is 0 Å². The highest BCUT2D eigenvalue weighted by atomic mass is 19.1. The van der Waals surface area contributed by atoms with Gasteiger partial charge in [0.1, 0.15) is 5.82 Å². The fourth-order valence-corrected chi connectivity index (χ4v) is 1.99. The Kier molecular flexibility index (Phi) is 4.34. The van der Waals surface area contributed by atoms with Gasteiger partial charge < -0.3 is 15.5 Å². The van der Waals surface area contributed by atoms with Gasteiger partial charge in [-0.2, -0.15) is 0 Å². The minimum absolute atomic E-state index is 0.0548. The van der Waals surface area contributed by atoms with E-state index in [0.29, 0.717) is 31.7 Å². The molecule has 1 aromatic rings. The van der Waals surface area contributed by atoms with Gasteiger partial charge in [0.15, 0.2) is 0 Å². The van der Waals surface area contributed by atoms with E-state index in [1.165, 1.54) is 18.2 Å². The molecule has 5 nitrogen and oxygen atoms in total. The Labute approximate surface area is 116 Å². The first kappa shape index (κ1) is 14.0. The SMILES string of the molecule is Nc1cc(/C=C/C(=O)N2CCN(C=O)CC2)ccc1F. The molecule has 1 fully saturated rings. The van der Waals surface area contributed by atoms with Crippen LogP contribution in [0.1, 0.15) is 5.56 Å². The summed E-state index contributed by atoms with van der Waals surface area (Å²) in [5, 5.41) is 0. The average Bonchev–Trinajstić information content (AvgIpc) is 2.48. The van der Waals surface area contributed by atoms with E-state index in [4.69, 9.17) is 5.73 Å². The summed E-state index contributed by atoms with van der Waals surface area (Å²) < 4.78 is 13.0. The molecule has 1 aromatic carbocycles. The van der Waals surface area contributed by atoms with Crippen LogP contribution in [0.15, 0.2) is 24.3 Å². The third-order valence-electron chi connectivity index (χ3n) is 3.21. The summed E-state index contributed by atoms with van der Waals surface area (Å²) in [4.78, 5) is 25.8. The van der Waals surface area contributed by atoms with Crippen LogP contribution in [0.4, 0.5) is 10.1 Å². The van der Waals surface area contributed by atoms with E-state index in [1.807, 2.05) is 0 Å². The smallest absolute Gasteiger partial charge is 0.246 e. The van der Waals surface area contributed by atoms with Crippen molar-refractivity contribution < 1.29 is 14.0 Å². The van der Waals surface area contributed by atoms with E-state index >= 15 is 0 Å². The van der Waals surface area contributed by atoms with Crippen molar-refractivity contribution in [2.45, 2.75) is 0 Å². The molecule has 1 heterocycles. The Morgan fingerprint density at radius 2 is 1.95 bits per heavy atom. The van der Waals surface area contributed by atoms with Gasteiger partial charge in [-0.05, 0) is 23.8 Å². The summed E-state index contributed by atoms with van der Waals surface area (Å²) >= 11 is 0. The minimum Gasteiger partial charge on any atom is -0.396 e. The number of anilines is 1. The Balaban J connectivity index is 1.95. The fourth-order valence-electron chi connectivity index (χ4n) is 1.99. The first-order valence-electron chi connectivity index (χ1n) is 6.31. The zero-order valence-corrected chi connectivity index (χ0v) is 11.0. The van der Waals surface area contributed by atoms with Crippen LogP contribution in [0, 0.1) is 5.82 Å². The van der Waals surface area contributed by atoms with Crippen molar-refractivity contribution in [2.75, 3.05) is 31.9 Å². The number of hydrogen-bond donors (Lipinski definition) is 1. The number of nitrogen functional groups attached to an aromatic ring is 1. The lowest BCUT2D eigenvalue weighted by Crippen LogP contribution is -2.47. The van der Waals surface area contributed by atoms with E-state index in [0.717, 1.165) is 6.41 Å². The lowest BCUT2D eigenvalue weighted by Gasteiger charge is -2.31. The average molecular weight is 277 g/mol. The van der Waals surface area contributed by atoms with Gasteiger partial charge in [0.25, 0.3) is 0 Å². The summed E-state index contributed by atoms with van der Waals surface area (Å²) in [5.74, 6) is -0.600. The maximum Gasteiger partial charge on any atom is 0.246 e. The second kappa shape index (κ2) is 6.18. The molecule has 20 heavy (non-hydrogen) atoms. The van der Waals surface area contributed by atoms with Crippen LogP contribution in [0.25, 0.3) is 6.08 Å². The molecule has 0 radical (unpaired) electrons. The van der Waals surface area contributed by atoms with Crippen molar-refractivity contribution in [3.8, 4) is 0 Å². The number of benzene rings is 1. The number of hydrogen-bond acceptors (Lipinski definition) is 3. The molecule has 0 saturated carbocycles. The molecule has 0 aromatic heterocycles. The third-order valence-corrected chi connectivity index (χ3v) is 3.21. The molecule has 0 spiro atoms. The maximum absolute atomic E-state index is 13.0. The van der Waals surface area contributed by atoms with E-state index < -0.39 is 5.82 Å². The van der Waals surface area contributed by atoms with Crippen LogP contribution >= 0.6 is 0 Å². The number of amides is 2. The number of rotatable bonds is 3. The number of carbonyl (C=O) groups is 2. The number of halogens is 1. The normalized spacial score (nSPS) is 15.7. The Hall–Kier alpha value is -2.37. The predicted octanol–water partition coefficient (Wildman–Crippen LogP) is 0.722. The van der Waals surface area contributed by atoms with Gasteiger partial charge in [0, 0.05) is 32.3 Å². The monoisotopic (exact) mass is 277 g/mol. The first-order chi connectivity index (χ1) is 9.60. The summed E-state index contributed by atoms with van der Waals surface area (Å²) in [7, 11) is 0. The van der Waals surface area contributed by atoms with Gasteiger partial charge >= 0.3 is 0 Å². The quantitative estimate of drug-likeness (QED) is 0.503. The zero-order chi connectivity index (χ0) is 14.5. The van der Waals surface area contributed by atoms with Crippen LogP contribution in [0.5, 0.6) is 0 Å². The van der Waals surface area contributed by atoms with E-state index in [9.17, 15) is 14.0 Å². The Morgan fingerprint density at radius 3 is 2.55 bits per heavy atom. The topological polar surface area (TPSA) is 66.6 Å². The molecule has 1 saturated heterocycles. The van der Waals surface area contributed by atoms with Crippen LogP contribution in [-0.2, 0) is 9.59 Å². The van der Waals surface area contributed by atoms with Crippen LogP contribution < -0.4 is 5.73 Å². The fraction of sp³-hybridized carbons (Fsp3) is 0.286. The highest BCUT2D eigenvalue weighted by Crippen LogP contribution is 2.13. The molecule has 0 unspecified atom stereocenters. The second-order valence-corrected chi connectivity index (χ2v) is 4.58. The summed E-state index contributed by atoms with van der Waals surface area (Å²) in [5.41, 5.74) is 6.18. The lowest BCUT2D eigenvalue weighted by atomic mass is 10.2. The van der Waals surface area contributed by atoms with E-state index in [-0.39, 0.29) is 11.6 Å². The molecule has 6 heteroatoms. The highest BCUT2D eigenvalue weighted by molar-refractivity contribution is 5.92. The van der Waals surface area contributed by atoms with E-state index in [2.05, 4.69) is 0 Å². The Bertz CT molecular complexity index is 537. The van der Waals surface area contributed by atoms with Crippen molar-refractivity contribution in [1.82, 2.24) is 9.80 Å². The molecule has 2 N–H and O–H groups in total. The molecular weight excluding hydrogens is 261 g/mol. The number of piperazine rings is 1. The van der Waals surface area contributed by atoms with Crippen LogP contribution in [-0.4, -0.2) is 48.3 Å². The van der Waals surface area contributed by atoms with Crippen LogP contribution in [0.2, 0.25) is 0 Å². The van der Waals surface area contributed by atoms with Crippen molar-refractivity contribution in [3.05, 3.63) is 35.7 Å². The Morgan fingerprint density at radius 1 is 1.25 bits per heavy atom. The number of carbonyl (C=O) groups excluding carboxylic acids is 2. The lowest BCUT2D eigenvalue weighted by molar-refractivity contribution is -0.130. The standard InChI is InChI=1S/C14H16FN3O2/c15-12-3-1-11(9-13(12)16)2-4-14(20)18-7-5-17(10-19)6-8-18/h1-4,9-10H,5-8,16H2/b4-2+. The predicted molar refractivity (Wildman–Crippen MR) is 74.1 cm³/mol. The molecule has 1 aliphatic heterocycles. The van der Waals surface area contributed by atoms with Gasteiger partial charge in [0.2, 0.25) is 12.3 Å². The molecule has 2 rings (SSSR count). The highest BCUT2D eigenvalue weighted by Gasteiger charge is 2.18. The molecule has 0 atom stereocenters. The van der Waals surface area contributed by atoms with Gasteiger partial charge in [-0.25, -0.2) is 4.39 Å². The second-order valence-electron chi connectivity index (χ2n) is 4.58.